The monoisotopic (exact) mass is 328 g/mol. The van der Waals surface area contributed by atoms with Crippen LogP contribution in [0.15, 0.2) is 11.6 Å². The summed E-state index contributed by atoms with van der Waals surface area (Å²) in [5.74, 6) is 1.11. The van der Waals surface area contributed by atoms with E-state index in [0.29, 0.717) is 11.4 Å². The van der Waals surface area contributed by atoms with Crippen molar-refractivity contribution in [2.75, 3.05) is 17.6 Å². The average molecular weight is 328 g/mol. The lowest BCUT2D eigenvalue weighted by Crippen LogP contribution is -2.54. The van der Waals surface area contributed by atoms with Crippen molar-refractivity contribution in [3.05, 3.63) is 21.7 Å². The Balaban J connectivity index is 1.78. The Morgan fingerprint density at radius 2 is 2.57 bits per heavy atom. The van der Waals surface area contributed by atoms with Gasteiger partial charge < -0.3 is 20.5 Å². The van der Waals surface area contributed by atoms with E-state index in [1.54, 1.807) is 23.3 Å². The molecule has 3 rings (SSSR count). The van der Waals surface area contributed by atoms with Crippen molar-refractivity contribution in [1.82, 2.24) is 9.38 Å². The number of nitrogens with zero attached hydrogens (tertiary/aromatic N) is 3. The number of hydrogen-bond donors (Lipinski definition) is 2. The van der Waals surface area contributed by atoms with Crippen molar-refractivity contribution >= 4 is 39.7 Å². The smallest absolute Gasteiger partial charge is 0.372 e. The van der Waals surface area contributed by atoms with Gasteiger partial charge in [0.2, 0.25) is 5.82 Å². The number of thioether (sulfide) groups is 1. The van der Waals surface area contributed by atoms with E-state index in [4.69, 9.17) is 0 Å². The van der Waals surface area contributed by atoms with E-state index in [9.17, 15) is 15.2 Å². The Morgan fingerprint density at radius 3 is 3.19 bits per heavy atom. The molecule has 0 aliphatic heterocycles. The highest BCUT2D eigenvalue weighted by Crippen LogP contribution is 2.41. The number of nitrogens with one attached hydrogen (secondary N) is 1. The van der Waals surface area contributed by atoms with Gasteiger partial charge in [0.05, 0.1) is 5.60 Å². The second kappa shape index (κ2) is 5.47. The first-order valence-corrected chi connectivity index (χ1v) is 8.66. The van der Waals surface area contributed by atoms with Crippen LogP contribution in [0.5, 0.6) is 0 Å². The molecule has 2 aromatic heterocycles. The highest BCUT2D eigenvalue weighted by Gasteiger charge is 2.45. The maximum Gasteiger partial charge on any atom is 0.372 e. The van der Waals surface area contributed by atoms with Crippen molar-refractivity contribution in [1.29, 1.82) is 0 Å². The molecule has 1 saturated carbocycles. The van der Waals surface area contributed by atoms with Crippen LogP contribution >= 0.6 is 23.1 Å². The van der Waals surface area contributed by atoms with Crippen LogP contribution in [0.25, 0.3) is 4.96 Å². The minimum absolute atomic E-state index is 0.0751. The van der Waals surface area contributed by atoms with Gasteiger partial charge in [-0.05, 0) is 23.5 Å². The van der Waals surface area contributed by atoms with E-state index in [1.165, 1.54) is 15.7 Å². The van der Waals surface area contributed by atoms with Gasteiger partial charge in [0.15, 0.2) is 0 Å². The minimum atomic E-state index is -0.800. The molecule has 0 saturated heterocycles. The summed E-state index contributed by atoms with van der Waals surface area (Å²) in [6, 6.07) is 0. The third-order valence-electron chi connectivity index (χ3n) is 3.78. The number of aliphatic hydroxyl groups is 1. The minimum Gasteiger partial charge on any atom is -0.387 e. The maximum absolute atomic E-state index is 11.2. The molecule has 21 heavy (non-hydrogen) atoms. The van der Waals surface area contributed by atoms with Crippen LogP contribution in [0.2, 0.25) is 0 Å². The van der Waals surface area contributed by atoms with Gasteiger partial charge in [0.1, 0.15) is 6.20 Å². The quantitative estimate of drug-likeness (QED) is 0.624. The molecule has 0 spiro atoms. The molecule has 114 valence electrons. The summed E-state index contributed by atoms with van der Waals surface area (Å²) in [5.41, 5.74) is -0.800. The van der Waals surface area contributed by atoms with Crippen molar-refractivity contribution in [2.24, 2.45) is 0 Å². The number of nitro groups is 1. The van der Waals surface area contributed by atoms with Crippen LogP contribution in [0.1, 0.15) is 19.8 Å². The van der Waals surface area contributed by atoms with E-state index in [-0.39, 0.29) is 23.4 Å². The zero-order valence-electron chi connectivity index (χ0n) is 11.5. The molecule has 1 aliphatic rings. The largest absolute Gasteiger partial charge is 0.387 e. The van der Waals surface area contributed by atoms with E-state index in [2.05, 4.69) is 17.2 Å². The first-order chi connectivity index (χ1) is 10.0. The normalized spacial score (nSPS) is 25.0. The van der Waals surface area contributed by atoms with Gasteiger partial charge in [-0.15, -0.1) is 0 Å². The van der Waals surface area contributed by atoms with Crippen molar-refractivity contribution in [3.8, 4) is 0 Å². The Morgan fingerprint density at radius 1 is 1.76 bits per heavy atom. The molecule has 2 aromatic rings. The molecule has 0 amide bonds. The highest BCUT2D eigenvalue weighted by molar-refractivity contribution is 8.00. The second-order valence-corrected chi connectivity index (χ2v) is 7.39. The molecule has 0 bridgehead atoms. The molecule has 0 radical (unpaired) electrons. The first kappa shape index (κ1) is 14.6. The summed E-state index contributed by atoms with van der Waals surface area (Å²) in [6.45, 7) is 2.35. The fraction of sp³-hybridized carbons (Fsp3) is 0.583. The van der Waals surface area contributed by atoms with Crippen molar-refractivity contribution in [3.63, 3.8) is 0 Å². The van der Waals surface area contributed by atoms with Crippen molar-refractivity contribution in [2.45, 2.75) is 30.6 Å². The lowest BCUT2D eigenvalue weighted by molar-refractivity contribution is -0.389. The van der Waals surface area contributed by atoms with Gasteiger partial charge >= 0.3 is 5.82 Å². The van der Waals surface area contributed by atoms with Gasteiger partial charge in [-0.25, -0.2) is 0 Å². The summed E-state index contributed by atoms with van der Waals surface area (Å²) in [5, 5.41) is 26.7. The first-order valence-electron chi connectivity index (χ1n) is 6.73. The topological polar surface area (TPSA) is 92.7 Å². The Kier molecular flexibility index (Phi) is 3.80. The number of fused-ring (bicyclic) bond motifs is 1. The van der Waals surface area contributed by atoms with Crippen LogP contribution in [0, 0.1) is 10.1 Å². The molecule has 2 N–H and O–H groups in total. The average Bonchev–Trinajstić information content (AvgIpc) is 3.00. The molecular weight excluding hydrogens is 312 g/mol. The maximum atomic E-state index is 11.2. The van der Waals surface area contributed by atoms with Crippen LogP contribution in [-0.2, 0) is 0 Å². The molecule has 0 aromatic carbocycles. The predicted octanol–water partition coefficient (Wildman–Crippen LogP) is 2.36. The molecule has 1 aliphatic carbocycles. The second-order valence-electron chi connectivity index (χ2n) is 5.04. The summed E-state index contributed by atoms with van der Waals surface area (Å²) in [6.07, 6.45) is 3.33. The predicted molar refractivity (Wildman–Crippen MR) is 84.3 cm³/mol. The number of imidazole rings is 1. The summed E-state index contributed by atoms with van der Waals surface area (Å²) in [7, 11) is 0. The standard InChI is InChI=1S/C12H16N4O3S2/c1-2-20-8-3-4-12(8,17)7-13-9-10(16(18)19)15-5-6-21-11(15)14-9/h5-6,8,13,17H,2-4,7H2,1H3. The zero-order chi connectivity index (χ0) is 15.0. The molecule has 7 nitrogen and oxygen atoms in total. The van der Waals surface area contributed by atoms with E-state index in [0.717, 1.165) is 12.2 Å². The number of thiazole rings is 1. The number of anilines is 1. The Hall–Kier alpha value is -1.32. The molecular formula is C12H16N4O3S2. The fourth-order valence-electron chi connectivity index (χ4n) is 2.54. The van der Waals surface area contributed by atoms with Crippen LogP contribution in [0.3, 0.4) is 0 Å². The lowest BCUT2D eigenvalue weighted by Gasteiger charge is -2.45. The van der Waals surface area contributed by atoms with Gasteiger partial charge in [0.25, 0.3) is 4.96 Å². The fourth-order valence-corrected chi connectivity index (χ4v) is 4.45. The van der Waals surface area contributed by atoms with Gasteiger partial charge in [-0.3, -0.25) is 0 Å². The summed E-state index contributed by atoms with van der Waals surface area (Å²) >= 11 is 3.07. The van der Waals surface area contributed by atoms with Crippen LogP contribution in [-0.4, -0.2) is 42.6 Å². The third kappa shape index (κ3) is 2.49. The Bertz CT molecular complexity index is 671. The van der Waals surface area contributed by atoms with Gasteiger partial charge in [0, 0.05) is 17.2 Å². The molecule has 1 fully saturated rings. The molecule has 2 heterocycles. The van der Waals surface area contributed by atoms with Gasteiger partial charge in [-0.2, -0.15) is 21.1 Å². The highest BCUT2D eigenvalue weighted by atomic mass is 32.2. The molecule has 9 heteroatoms. The van der Waals surface area contributed by atoms with Crippen LogP contribution in [0.4, 0.5) is 11.6 Å². The van der Waals surface area contributed by atoms with Crippen molar-refractivity contribution < 1.29 is 10.0 Å². The molecule has 2 unspecified atom stereocenters. The summed E-state index contributed by atoms with van der Waals surface area (Å²) < 4.78 is 1.45. The SMILES string of the molecule is CCSC1CCC1(O)CNc1nc2sccn2c1[N+](=O)[O-]. The third-order valence-corrected chi connectivity index (χ3v) is 5.95. The number of aromatic nitrogens is 2. The van der Waals surface area contributed by atoms with Crippen LogP contribution < -0.4 is 5.32 Å². The van der Waals surface area contributed by atoms with Gasteiger partial charge in [-0.1, -0.05) is 18.3 Å². The number of rotatable bonds is 6. The van der Waals surface area contributed by atoms with E-state index in [1.807, 2.05) is 0 Å². The Labute approximate surface area is 129 Å². The zero-order valence-corrected chi connectivity index (χ0v) is 13.1. The van der Waals surface area contributed by atoms with E-state index < -0.39 is 10.5 Å². The lowest BCUT2D eigenvalue weighted by atomic mass is 9.79. The summed E-state index contributed by atoms with van der Waals surface area (Å²) in [4.78, 5) is 15.6. The van der Waals surface area contributed by atoms with E-state index >= 15 is 0 Å². The number of hydrogen-bond acceptors (Lipinski definition) is 7. The molecule has 2 atom stereocenters.